The molecule has 1 amide bonds. The number of nitro benzene ring substituents is 1. The summed E-state index contributed by atoms with van der Waals surface area (Å²) < 4.78 is 5.07. The van der Waals surface area contributed by atoms with Crippen LogP contribution in [0.4, 0.5) is 11.4 Å². The van der Waals surface area contributed by atoms with Gasteiger partial charge in [-0.1, -0.05) is 0 Å². The number of carbonyl (C=O) groups is 1. The van der Waals surface area contributed by atoms with Crippen molar-refractivity contribution >= 4 is 17.3 Å². The van der Waals surface area contributed by atoms with E-state index < -0.39 is 4.92 Å². The van der Waals surface area contributed by atoms with E-state index in [4.69, 9.17) is 4.74 Å². The molecule has 0 aliphatic rings. The molecule has 21 heavy (non-hydrogen) atoms. The molecular formula is C14H13N3O4. The quantitative estimate of drug-likeness (QED) is 0.688. The maximum atomic E-state index is 12.1. The van der Waals surface area contributed by atoms with Crippen LogP contribution in [0.2, 0.25) is 0 Å². The van der Waals surface area contributed by atoms with Crippen molar-refractivity contribution < 1.29 is 14.5 Å². The number of amides is 1. The molecule has 7 heteroatoms. The number of methoxy groups -OCH3 is 1. The summed E-state index contributed by atoms with van der Waals surface area (Å²) in [6.45, 7) is 1.78. The SMILES string of the molecule is COc1cc([N+](=O)[O-])ccc1NC(=O)c1ccnc(C)c1. The Bertz CT molecular complexity index is 700. The Morgan fingerprint density at radius 1 is 1.33 bits per heavy atom. The molecule has 0 aliphatic carbocycles. The number of carbonyl (C=O) groups excluding carboxylic acids is 1. The molecule has 1 aromatic heterocycles. The van der Waals surface area contributed by atoms with E-state index in [0.717, 1.165) is 5.69 Å². The molecule has 0 radical (unpaired) electrons. The maximum Gasteiger partial charge on any atom is 0.273 e. The first-order valence-corrected chi connectivity index (χ1v) is 6.07. The molecule has 1 N–H and O–H groups in total. The summed E-state index contributed by atoms with van der Waals surface area (Å²) in [5.41, 5.74) is 1.42. The average molecular weight is 287 g/mol. The van der Waals surface area contributed by atoms with Gasteiger partial charge in [-0.2, -0.15) is 0 Å². The topological polar surface area (TPSA) is 94.4 Å². The molecule has 0 atom stereocenters. The van der Waals surface area contributed by atoms with Gasteiger partial charge in [-0.05, 0) is 25.1 Å². The van der Waals surface area contributed by atoms with Gasteiger partial charge in [0.25, 0.3) is 11.6 Å². The van der Waals surface area contributed by atoms with Crippen LogP contribution in [0, 0.1) is 17.0 Å². The van der Waals surface area contributed by atoms with E-state index in [9.17, 15) is 14.9 Å². The summed E-state index contributed by atoms with van der Waals surface area (Å²) in [5, 5.41) is 13.4. The first-order valence-electron chi connectivity index (χ1n) is 6.07. The molecule has 1 heterocycles. The van der Waals surface area contributed by atoms with Gasteiger partial charge in [0.1, 0.15) is 5.75 Å². The van der Waals surface area contributed by atoms with E-state index in [1.807, 2.05) is 0 Å². The number of anilines is 1. The predicted octanol–water partition coefficient (Wildman–Crippen LogP) is 2.56. The summed E-state index contributed by atoms with van der Waals surface area (Å²) in [4.78, 5) is 26.3. The van der Waals surface area contributed by atoms with Gasteiger partial charge in [0.05, 0.1) is 23.8 Å². The van der Waals surface area contributed by atoms with Crippen LogP contribution in [-0.2, 0) is 0 Å². The molecule has 0 spiro atoms. The fraction of sp³-hybridized carbons (Fsp3) is 0.143. The van der Waals surface area contributed by atoms with E-state index in [1.54, 1.807) is 19.1 Å². The van der Waals surface area contributed by atoms with Crippen molar-refractivity contribution in [3.63, 3.8) is 0 Å². The second-order valence-corrected chi connectivity index (χ2v) is 4.28. The summed E-state index contributed by atoms with van der Waals surface area (Å²) in [7, 11) is 1.38. The Balaban J connectivity index is 2.27. The summed E-state index contributed by atoms with van der Waals surface area (Å²) in [5.74, 6) is -0.115. The number of nitrogens with one attached hydrogen (secondary N) is 1. The van der Waals surface area contributed by atoms with Crippen molar-refractivity contribution in [3.8, 4) is 5.75 Å². The fourth-order valence-electron chi connectivity index (χ4n) is 1.78. The number of hydrogen-bond donors (Lipinski definition) is 1. The molecule has 2 rings (SSSR count). The van der Waals surface area contributed by atoms with Crippen LogP contribution in [0.1, 0.15) is 16.1 Å². The van der Waals surface area contributed by atoms with Crippen LogP contribution in [0.3, 0.4) is 0 Å². The van der Waals surface area contributed by atoms with Crippen molar-refractivity contribution in [3.05, 3.63) is 57.9 Å². The Labute approximate surface area is 120 Å². The lowest BCUT2D eigenvalue weighted by Gasteiger charge is -2.10. The highest BCUT2D eigenvalue weighted by Crippen LogP contribution is 2.29. The zero-order valence-electron chi connectivity index (χ0n) is 11.5. The van der Waals surface area contributed by atoms with Crippen LogP contribution in [0.15, 0.2) is 36.5 Å². The van der Waals surface area contributed by atoms with Crippen molar-refractivity contribution in [1.82, 2.24) is 4.98 Å². The molecule has 1 aromatic carbocycles. The fourth-order valence-corrected chi connectivity index (χ4v) is 1.78. The Morgan fingerprint density at radius 3 is 2.71 bits per heavy atom. The van der Waals surface area contributed by atoms with Gasteiger partial charge in [-0.3, -0.25) is 19.9 Å². The highest BCUT2D eigenvalue weighted by Gasteiger charge is 2.14. The monoisotopic (exact) mass is 287 g/mol. The number of benzene rings is 1. The normalized spacial score (nSPS) is 10.0. The largest absolute Gasteiger partial charge is 0.494 e. The highest BCUT2D eigenvalue weighted by molar-refractivity contribution is 6.05. The molecule has 0 fully saturated rings. The van der Waals surface area contributed by atoms with Gasteiger partial charge in [0.2, 0.25) is 0 Å². The van der Waals surface area contributed by atoms with E-state index in [2.05, 4.69) is 10.3 Å². The molecule has 0 aliphatic heterocycles. The minimum Gasteiger partial charge on any atom is -0.494 e. The van der Waals surface area contributed by atoms with Crippen LogP contribution >= 0.6 is 0 Å². The van der Waals surface area contributed by atoms with E-state index >= 15 is 0 Å². The lowest BCUT2D eigenvalue weighted by atomic mass is 10.2. The number of rotatable bonds is 4. The number of hydrogen-bond acceptors (Lipinski definition) is 5. The van der Waals surface area contributed by atoms with Gasteiger partial charge in [0, 0.05) is 23.5 Å². The van der Waals surface area contributed by atoms with Crippen LogP contribution < -0.4 is 10.1 Å². The lowest BCUT2D eigenvalue weighted by molar-refractivity contribution is -0.384. The van der Waals surface area contributed by atoms with E-state index in [-0.39, 0.29) is 17.3 Å². The number of nitro groups is 1. The Kier molecular flexibility index (Phi) is 4.13. The predicted molar refractivity (Wildman–Crippen MR) is 76.6 cm³/mol. The number of ether oxygens (including phenoxy) is 1. The molecular weight excluding hydrogens is 274 g/mol. The van der Waals surface area contributed by atoms with Gasteiger partial charge in [-0.25, -0.2) is 0 Å². The zero-order valence-corrected chi connectivity index (χ0v) is 11.5. The lowest BCUT2D eigenvalue weighted by Crippen LogP contribution is -2.13. The third-order valence-corrected chi connectivity index (χ3v) is 2.80. The van der Waals surface area contributed by atoms with Gasteiger partial charge >= 0.3 is 0 Å². The van der Waals surface area contributed by atoms with E-state index in [1.165, 1.54) is 31.5 Å². The molecule has 0 saturated carbocycles. The van der Waals surface area contributed by atoms with Gasteiger partial charge in [-0.15, -0.1) is 0 Å². The number of aromatic nitrogens is 1. The molecule has 0 unspecified atom stereocenters. The molecule has 0 bridgehead atoms. The summed E-state index contributed by atoms with van der Waals surface area (Å²) in [6, 6.07) is 7.22. The molecule has 0 saturated heterocycles. The van der Waals surface area contributed by atoms with E-state index in [0.29, 0.717) is 11.3 Å². The smallest absolute Gasteiger partial charge is 0.273 e. The number of non-ortho nitro benzene ring substituents is 1. The van der Waals surface area contributed by atoms with Crippen molar-refractivity contribution in [2.24, 2.45) is 0 Å². The van der Waals surface area contributed by atoms with Gasteiger partial charge < -0.3 is 10.1 Å². The van der Waals surface area contributed by atoms with Crippen molar-refractivity contribution in [1.29, 1.82) is 0 Å². The van der Waals surface area contributed by atoms with Crippen LogP contribution in [0.5, 0.6) is 5.75 Å². The maximum absolute atomic E-state index is 12.1. The second-order valence-electron chi connectivity index (χ2n) is 4.28. The summed E-state index contributed by atoms with van der Waals surface area (Å²) >= 11 is 0. The first-order chi connectivity index (χ1) is 10.0. The first kappa shape index (κ1) is 14.4. The Morgan fingerprint density at radius 2 is 2.10 bits per heavy atom. The van der Waals surface area contributed by atoms with Crippen LogP contribution in [0.25, 0.3) is 0 Å². The molecule has 108 valence electrons. The average Bonchev–Trinajstić information content (AvgIpc) is 2.47. The summed E-state index contributed by atoms with van der Waals surface area (Å²) in [6.07, 6.45) is 1.54. The third kappa shape index (κ3) is 3.33. The highest BCUT2D eigenvalue weighted by atomic mass is 16.6. The van der Waals surface area contributed by atoms with Crippen molar-refractivity contribution in [2.45, 2.75) is 6.92 Å². The minimum absolute atomic E-state index is 0.107. The minimum atomic E-state index is -0.527. The van der Waals surface area contributed by atoms with Crippen molar-refractivity contribution in [2.75, 3.05) is 12.4 Å². The zero-order chi connectivity index (χ0) is 15.4. The standard InChI is InChI=1S/C14H13N3O4/c1-9-7-10(5-6-15-9)14(18)16-12-4-3-11(17(19)20)8-13(12)21-2/h3-8H,1-2H3,(H,16,18). The Hall–Kier alpha value is -2.96. The van der Waals surface area contributed by atoms with Gasteiger partial charge in [0.15, 0.2) is 0 Å². The van der Waals surface area contributed by atoms with Crippen LogP contribution in [-0.4, -0.2) is 22.9 Å². The third-order valence-electron chi connectivity index (χ3n) is 2.80. The number of nitrogens with zero attached hydrogens (tertiary/aromatic N) is 2. The number of pyridine rings is 1. The number of aryl methyl sites for hydroxylation is 1. The molecule has 2 aromatic rings. The molecule has 7 nitrogen and oxygen atoms in total. The second kappa shape index (κ2) is 6.00.